The highest BCUT2D eigenvalue weighted by Gasteiger charge is 2.06. The van der Waals surface area contributed by atoms with Crippen molar-refractivity contribution in [1.29, 1.82) is 0 Å². The third-order valence-corrected chi connectivity index (χ3v) is 3.33. The number of esters is 1. The van der Waals surface area contributed by atoms with E-state index >= 15 is 0 Å². The van der Waals surface area contributed by atoms with Gasteiger partial charge in [0.1, 0.15) is 0 Å². The second-order valence-corrected chi connectivity index (χ2v) is 4.95. The molecule has 0 bridgehead atoms. The monoisotopic (exact) mass is 296 g/mol. The third-order valence-electron chi connectivity index (χ3n) is 3.33. The Morgan fingerprint density at radius 3 is 2.77 bits per heavy atom. The Morgan fingerprint density at radius 1 is 1.27 bits per heavy atom. The summed E-state index contributed by atoms with van der Waals surface area (Å²) in [5.74, 6) is -0.180. The van der Waals surface area contributed by atoms with Crippen LogP contribution in [0.5, 0.6) is 0 Å². The fraction of sp³-hybridized carbons (Fsp3) is 0.222. The summed E-state index contributed by atoms with van der Waals surface area (Å²) < 4.78 is 4.66. The van der Waals surface area contributed by atoms with Gasteiger partial charge >= 0.3 is 5.97 Å². The molecule has 0 aliphatic heterocycles. The number of benzene rings is 1. The minimum atomic E-state index is -0.180. The number of ether oxygens (including phenoxy) is 1. The predicted molar refractivity (Wildman–Crippen MR) is 88.0 cm³/mol. The SMILES string of the molecule is COC(=O)CCC/C=C(/c1cccnc1)c1cccc(N)c1. The minimum Gasteiger partial charge on any atom is -0.469 e. The van der Waals surface area contributed by atoms with E-state index in [1.165, 1.54) is 7.11 Å². The van der Waals surface area contributed by atoms with Gasteiger partial charge in [-0.2, -0.15) is 0 Å². The van der Waals surface area contributed by atoms with Crippen LogP contribution < -0.4 is 5.73 Å². The van der Waals surface area contributed by atoms with Gasteiger partial charge < -0.3 is 10.5 Å². The van der Waals surface area contributed by atoms with E-state index in [9.17, 15) is 4.79 Å². The Kier molecular flexibility index (Phi) is 5.72. The normalized spacial score (nSPS) is 11.2. The number of anilines is 1. The summed E-state index contributed by atoms with van der Waals surface area (Å²) in [6, 6.07) is 11.7. The summed E-state index contributed by atoms with van der Waals surface area (Å²) in [5.41, 5.74) is 9.76. The van der Waals surface area contributed by atoms with E-state index in [1.54, 1.807) is 6.20 Å². The van der Waals surface area contributed by atoms with Crippen LogP contribution in [0.4, 0.5) is 5.69 Å². The van der Waals surface area contributed by atoms with Crippen molar-refractivity contribution in [3.63, 3.8) is 0 Å². The number of rotatable bonds is 6. The maximum atomic E-state index is 11.2. The molecule has 114 valence electrons. The number of nitrogen functional groups attached to an aromatic ring is 1. The molecule has 0 aliphatic carbocycles. The zero-order valence-corrected chi connectivity index (χ0v) is 12.7. The van der Waals surface area contributed by atoms with Crippen molar-refractivity contribution in [3.05, 3.63) is 66.0 Å². The Balaban J connectivity index is 2.21. The molecule has 1 aromatic heterocycles. The number of nitrogens with two attached hydrogens (primary N) is 1. The van der Waals surface area contributed by atoms with E-state index in [4.69, 9.17) is 5.73 Å². The number of aromatic nitrogens is 1. The molecule has 1 heterocycles. The van der Waals surface area contributed by atoms with Crippen molar-refractivity contribution >= 4 is 17.2 Å². The molecule has 2 N–H and O–H groups in total. The Labute approximate surface area is 130 Å². The van der Waals surface area contributed by atoms with Gasteiger partial charge in [-0.1, -0.05) is 24.3 Å². The Hall–Kier alpha value is -2.62. The highest BCUT2D eigenvalue weighted by atomic mass is 16.5. The number of hydrogen-bond acceptors (Lipinski definition) is 4. The first-order valence-corrected chi connectivity index (χ1v) is 7.24. The molecule has 2 aromatic rings. The van der Waals surface area contributed by atoms with E-state index in [2.05, 4.69) is 15.8 Å². The van der Waals surface area contributed by atoms with Gasteiger partial charge in [-0.15, -0.1) is 0 Å². The van der Waals surface area contributed by atoms with Crippen molar-refractivity contribution in [2.45, 2.75) is 19.3 Å². The van der Waals surface area contributed by atoms with Crippen LogP contribution in [0.25, 0.3) is 5.57 Å². The summed E-state index contributed by atoms with van der Waals surface area (Å²) >= 11 is 0. The zero-order valence-electron chi connectivity index (χ0n) is 12.7. The molecule has 4 nitrogen and oxygen atoms in total. The molecule has 0 aliphatic rings. The predicted octanol–water partition coefficient (Wildman–Crippen LogP) is 3.44. The van der Waals surface area contributed by atoms with Crippen LogP contribution in [0.15, 0.2) is 54.9 Å². The van der Waals surface area contributed by atoms with Gasteiger partial charge in [0.25, 0.3) is 0 Å². The molecule has 1 aromatic carbocycles. The first-order chi connectivity index (χ1) is 10.7. The summed E-state index contributed by atoms with van der Waals surface area (Å²) in [6.45, 7) is 0. The maximum Gasteiger partial charge on any atom is 0.305 e. The third kappa shape index (κ3) is 4.45. The minimum absolute atomic E-state index is 0.180. The average molecular weight is 296 g/mol. The lowest BCUT2D eigenvalue weighted by atomic mass is 9.97. The molecule has 0 fully saturated rings. The van der Waals surface area contributed by atoms with Crippen LogP contribution in [0.1, 0.15) is 30.4 Å². The van der Waals surface area contributed by atoms with E-state index in [0.717, 1.165) is 35.2 Å². The Morgan fingerprint density at radius 2 is 2.09 bits per heavy atom. The number of unbranched alkanes of at least 4 members (excludes halogenated alkanes) is 1. The molecule has 0 saturated carbocycles. The zero-order chi connectivity index (χ0) is 15.8. The van der Waals surface area contributed by atoms with Crippen molar-refractivity contribution in [1.82, 2.24) is 4.98 Å². The van der Waals surface area contributed by atoms with Crippen LogP contribution in [-0.4, -0.2) is 18.1 Å². The highest BCUT2D eigenvalue weighted by molar-refractivity contribution is 5.80. The molecule has 0 atom stereocenters. The molecule has 0 radical (unpaired) electrons. The van der Waals surface area contributed by atoms with Crippen LogP contribution in [-0.2, 0) is 9.53 Å². The van der Waals surface area contributed by atoms with Gasteiger partial charge in [0, 0.05) is 30.1 Å². The number of hydrogen-bond donors (Lipinski definition) is 1. The Bertz CT molecular complexity index is 651. The van der Waals surface area contributed by atoms with Gasteiger partial charge in [0.05, 0.1) is 7.11 Å². The van der Waals surface area contributed by atoms with Gasteiger partial charge in [0.15, 0.2) is 0 Å². The number of carbonyl (C=O) groups is 1. The first kappa shape index (κ1) is 15.8. The maximum absolute atomic E-state index is 11.2. The van der Waals surface area contributed by atoms with Gasteiger partial charge in [-0.05, 0) is 42.2 Å². The second kappa shape index (κ2) is 7.98. The summed E-state index contributed by atoms with van der Waals surface area (Å²) in [4.78, 5) is 15.3. The second-order valence-electron chi connectivity index (χ2n) is 4.95. The quantitative estimate of drug-likeness (QED) is 0.504. The van der Waals surface area contributed by atoms with Crippen LogP contribution >= 0.6 is 0 Å². The molecule has 0 spiro atoms. The topological polar surface area (TPSA) is 65.2 Å². The number of allylic oxidation sites excluding steroid dienone is 1. The van der Waals surface area contributed by atoms with Gasteiger partial charge in [-0.25, -0.2) is 0 Å². The molecule has 2 rings (SSSR count). The lowest BCUT2D eigenvalue weighted by Crippen LogP contribution is -1.99. The summed E-state index contributed by atoms with van der Waals surface area (Å²) in [5, 5.41) is 0. The largest absolute Gasteiger partial charge is 0.469 e. The number of methoxy groups -OCH3 is 1. The van der Waals surface area contributed by atoms with Crippen LogP contribution in [0.2, 0.25) is 0 Å². The lowest BCUT2D eigenvalue weighted by Gasteiger charge is -2.09. The van der Waals surface area contributed by atoms with Gasteiger partial charge in [-0.3, -0.25) is 9.78 Å². The van der Waals surface area contributed by atoms with Gasteiger partial charge in [0.2, 0.25) is 0 Å². The average Bonchev–Trinajstić information content (AvgIpc) is 2.55. The van der Waals surface area contributed by atoms with Crippen molar-refractivity contribution in [2.24, 2.45) is 0 Å². The molecule has 4 heteroatoms. The number of pyridine rings is 1. The molecular formula is C18H20N2O2. The number of nitrogens with zero attached hydrogens (tertiary/aromatic N) is 1. The van der Waals surface area contributed by atoms with Crippen molar-refractivity contribution < 1.29 is 9.53 Å². The number of carbonyl (C=O) groups excluding carboxylic acids is 1. The van der Waals surface area contributed by atoms with Crippen LogP contribution in [0, 0.1) is 0 Å². The van der Waals surface area contributed by atoms with E-state index < -0.39 is 0 Å². The smallest absolute Gasteiger partial charge is 0.305 e. The van der Waals surface area contributed by atoms with E-state index in [1.807, 2.05) is 42.6 Å². The highest BCUT2D eigenvalue weighted by Crippen LogP contribution is 2.25. The summed E-state index contributed by atoms with van der Waals surface area (Å²) in [7, 11) is 1.41. The van der Waals surface area contributed by atoms with Crippen molar-refractivity contribution in [3.8, 4) is 0 Å². The molecule has 0 unspecified atom stereocenters. The molecule has 22 heavy (non-hydrogen) atoms. The lowest BCUT2D eigenvalue weighted by molar-refractivity contribution is -0.140. The van der Waals surface area contributed by atoms with E-state index in [-0.39, 0.29) is 5.97 Å². The fourth-order valence-electron chi connectivity index (χ4n) is 2.23. The first-order valence-electron chi connectivity index (χ1n) is 7.24. The summed E-state index contributed by atoms with van der Waals surface area (Å²) in [6.07, 6.45) is 7.65. The fourth-order valence-corrected chi connectivity index (χ4v) is 2.23. The van der Waals surface area contributed by atoms with E-state index in [0.29, 0.717) is 6.42 Å². The standard InChI is InChI=1S/C18H20N2O2/c1-22-18(21)10-3-2-9-17(15-7-5-11-20-13-15)14-6-4-8-16(19)12-14/h4-9,11-13H,2-3,10,19H2,1H3/b17-9+. The molecule has 0 amide bonds. The molecular weight excluding hydrogens is 276 g/mol. The van der Waals surface area contributed by atoms with Crippen molar-refractivity contribution in [2.75, 3.05) is 12.8 Å². The molecule has 0 saturated heterocycles. The van der Waals surface area contributed by atoms with Crippen LogP contribution in [0.3, 0.4) is 0 Å².